The fourth-order valence-electron chi connectivity index (χ4n) is 6.39. The molecule has 0 atom stereocenters. The molecule has 5 fully saturated rings. The minimum absolute atomic E-state index is 0.0808. The van der Waals surface area contributed by atoms with Crippen molar-refractivity contribution in [3.63, 3.8) is 0 Å². The number of likely N-dealkylation sites (tertiary alicyclic amines) is 2. The molecular weight excluding hydrogens is 346 g/mol. The first kappa shape index (κ1) is 17.6. The molecule has 5 aliphatic rings. The van der Waals surface area contributed by atoms with E-state index < -0.39 is 0 Å². The minimum Gasteiger partial charge on any atom is -0.450 e. The number of nitrogens with one attached hydrogen (secondary N) is 1. The maximum absolute atomic E-state index is 12.0. The van der Waals surface area contributed by atoms with E-state index in [2.05, 4.69) is 10.2 Å². The van der Waals surface area contributed by atoms with E-state index in [-0.39, 0.29) is 23.3 Å². The van der Waals surface area contributed by atoms with Crippen molar-refractivity contribution in [1.82, 2.24) is 15.1 Å². The van der Waals surface area contributed by atoms with Gasteiger partial charge in [-0.25, -0.2) is 9.59 Å². The summed E-state index contributed by atoms with van der Waals surface area (Å²) in [6, 6.07) is 0.617. The number of carbonyl (C=O) groups excluding carboxylic acids is 2. The van der Waals surface area contributed by atoms with Crippen molar-refractivity contribution in [1.29, 1.82) is 0 Å². The molecule has 27 heavy (non-hydrogen) atoms. The molecule has 1 N–H and O–H groups in total. The summed E-state index contributed by atoms with van der Waals surface area (Å²) < 4.78 is 11.0. The number of ether oxygens (including phenoxy) is 2. The SMILES string of the molecule is CCOC(=O)N1CCC2(CC(N3CCC4(CC3)OC(=O)NC43CCC3)C2)C1. The van der Waals surface area contributed by atoms with E-state index in [0.717, 1.165) is 58.3 Å². The van der Waals surface area contributed by atoms with Crippen LogP contribution in [0.5, 0.6) is 0 Å². The van der Waals surface area contributed by atoms with E-state index >= 15 is 0 Å². The molecule has 150 valence electrons. The van der Waals surface area contributed by atoms with Gasteiger partial charge in [-0.2, -0.15) is 0 Å². The third kappa shape index (κ3) is 2.57. The lowest BCUT2D eigenvalue weighted by atomic mass is 9.61. The lowest BCUT2D eigenvalue weighted by molar-refractivity contribution is -0.0972. The van der Waals surface area contributed by atoms with Crippen LogP contribution in [0.2, 0.25) is 0 Å². The van der Waals surface area contributed by atoms with Gasteiger partial charge in [0.2, 0.25) is 0 Å². The van der Waals surface area contributed by atoms with Crippen LogP contribution < -0.4 is 5.32 Å². The van der Waals surface area contributed by atoms with Gasteiger partial charge in [-0.3, -0.25) is 0 Å². The largest absolute Gasteiger partial charge is 0.450 e. The standard InChI is InChI=1S/C20H31N3O4/c1-2-26-17(25)23-9-6-18(14-23)12-15(13-18)22-10-7-20(8-11-22)19(4-3-5-19)21-16(24)27-20/h15H,2-14H2,1H3,(H,21,24). The Morgan fingerprint density at radius 3 is 2.56 bits per heavy atom. The van der Waals surface area contributed by atoms with Crippen LogP contribution in [-0.4, -0.2) is 72.0 Å². The normalized spacial score (nSPS) is 36.4. The van der Waals surface area contributed by atoms with Crippen molar-refractivity contribution in [3.05, 3.63) is 0 Å². The van der Waals surface area contributed by atoms with E-state index in [1.165, 1.54) is 19.3 Å². The van der Waals surface area contributed by atoms with Crippen molar-refractivity contribution in [2.75, 3.05) is 32.8 Å². The van der Waals surface area contributed by atoms with Crippen LogP contribution in [0.25, 0.3) is 0 Å². The zero-order chi connectivity index (χ0) is 18.7. The number of nitrogens with zero attached hydrogens (tertiary/aromatic N) is 2. The third-order valence-electron chi connectivity index (χ3n) is 8.13. The summed E-state index contributed by atoms with van der Waals surface area (Å²) in [5, 5.41) is 3.14. The first-order valence-corrected chi connectivity index (χ1v) is 10.7. The molecule has 0 bridgehead atoms. The van der Waals surface area contributed by atoms with Crippen LogP contribution in [-0.2, 0) is 9.47 Å². The van der Waals surface area contributed by atoms with E-state index in [4.69, 9.17) is 9.47 Å². The number of hydrogen-bond donors (Lipinski definition) is 1. The Hall–Kier alpha value is -1.50. The molecule has 0 radical (unpaired) electrons. The molecule has 3 saturated heterocycles. The fourth-order valence-corrected chi connectivity index (χ4v) is 6.39. The molecular formula is C20H31N3O4. The topological polar surface area (TPSA) is 71.1 Å². The van der Waals surface area contributed by atoms with Gasteiger partial charge in [0.25, 0.3) is 0 Å². The van der Waals surface area contributed by atoms with E-state index in [1.54, 1.807) is 0 Å². The minimum atomic E-state index is -0.270. The monoisotopic (exact) mass is 377 g/mol. The summed E-state index contributed by atoms with van der Waals surface area (Å²) in [6.07, 6.45) is 8.31. The summed E-state index contributed by atoms with van der Waals surface area (Å²) in [4.78, 5) is 28.4. The molecule has 3 aliphatic heterocycles. The highest BCUT2D eigenvalue weighted by atomic mass is 16.6. The predicted molar refractivity (Wildman–Crippen MR) is 98.4 cm³/mol. The highest BCUT2D eigenvalue weighted by molar-refractivity contribution is 5.73. The fraction of sp³-hybridized carbons (Fsp3) is 0.900. The Labute approximate surface area is 160 Å². The van der Waals surface area contributed by atoms with Crippen LogP contribution in [0, 0.1) is 5.41 Å². The van der Waals surface area contributed by atoms with Crippen molar-refractivity contribution >= 4 is 12.2 Å². The number of piperidine rings is 1. The van der Waals surface area contributed by atoms with Gasteiger partial charge in [-0.05, 0) is 50.9 Å². The number of carbonyl (C=O) groups is 2. The average molecular weight is 377 g/mol. The quantitative estimate of drug-likeness (QED) is 0.801. The number of alkyl carbamates (subject to hydrolysis) is 1. The first-order valence-electron chi connectivity index (χ1n) is 10.7. The van der Waals surface area contributed by atoms with E-state index in [9.17, 15) is 9.59 Å². The van der Waals surface area contributed by atoms with Gasteiger partial charge in [-0.15, -0.1) is 0 Å². The Kier molecular flexibility index (Phi) is 3.91. The van der Waals surface area contributed by atoms with E-state index in [1.807, 2.05) is 11.8 Å². The Bertz CT molecular complexity index is 633. The molecule has 0 unspecified atom stereocenters. The molecule has 7 nitrogen and oxygen atoms in total. The lowest BCUT2D eigenvalue weighted by Crippen LogP contribution is -2.66. The summed E-state index contributed by atoms with van der Waals surface area (Å²) >= 11 is 0. The van der Waals surface area contributed by atoms with Crippen molar-refractivity contribution in [2.45, 2.75) is 75.5 Å². The molecule has 2 aliphatic carbocycles. The van der Waals surface area contributed by atoms with Crippen LogP contribution in [0.3, 0.4) is 0 Å². The Balaban J connectivity index is 1.15. The number of amides is 2. The van der Waals surface area contributed by atoms with Gasteiger partial charge in [0, 0.05) is 45.1 Å². The lowest BCUT2D eigenvalue weighted by Gasteiger charge is -2.56. The maximum atomic E-state index is 12.0. The molecule has 0 aromatic carbocycles. The van der Waals surface area contributed by atoms with Crippen LogP contribution in [0.1, 0.15) is 58.3 Å². The molecule has 3 spiro atoms. The predicted octanol–water partition coefficient (Wildman–Crippen LogP) is 2.49. The van der Waals surface area contributed by atoms with Gasteiger partial charge in [0.05, 0.1) is 12.1 Å². The highest BCUT2D eigenvalue weighted by Crippen LogP contribution is 2.54. The number of rotatable bonds is 2. The second kappa shape index (κ2) is 6.00. The van der Waals surface area contributed by atoms with Crippen LogP contribution >= 0.6 is 0 Å². The molecule has 5 rings (SSSR count). The molecule has 3 heterocycles. The second-order valence-electron chi connectivity index (χ2n) is 9.41. The van der Waals surface area contributed by atoms with Crippen LogP contribution in [0.15, 0.2) is 0 Å². The zero-order valence-corrected chi connectivity index (χ0v) is 16.3. The Morgan fingerprint density at radius 1 is 1.19 bits per heavy atom. The molecule has 0 aromatic rings. The van der Waals surface area contributed by atoms with Crippen molar-refractivity contribution in [2.24, 2.45) is 5.41 Å². The molecule has 2 amide bonds. The summed E-state index contributed by atoms with van der Waals surface area (Å²) in [5.41, 5.74) is -0.0416. The average Bonchev–Trinajstić information content (AvgIpc) is 3.14. The highest BCUT2D eigenvalue weighted by Gasteiger charge is 2.64. The van der Waals surface area contributed by atoms with Crippen LogP contribution in [0.4, 0.5) is 9.59 Å². The summed E-state index contributed by atoms with van der Waals surface area (Å²) in [5.74, 6) is 0. The molecule has 2 saturated carbocycles. The second-order valence-corrected chi connectivity index (χ2v) is 9.41. The third-order valence-corrected chi connectivity index (χ3v) is 8.13. The van der Waals surface area contributed by atoms with Gasteiger partial charge >= 0.3 is 12.2 Å². The van der Waals surface area contributed by atoms with Crippen molar-refractivity contribution < 1.29 is 19.1 Å². The first-order chi connectivity index (χ1) is 13.0. The van der Waals surface area contributed by atoms with Gasteiger partial charge in [0.15, 0.2) is 0 Å². The number of fused-ring (bicyclic) bond motifs is 1. The van der Waals surface area contributed by atoms with Crippen molar-refractivity contribution in [3.8, 4) is 0 Å². The zero-order valence-electron chi connectivity index (χ0n) is 16.3. The van der Waals surface area contributed by atoms with E-state index in [0.29, 0.717) is 18.1 Å². The molecule has 7 heteroatoms. The Morgan fingerprint density at radius 2 is 1.93 bits per heavy atom. The van der Waals surface area contributed by atoms with Gasteiger partial charge < -0.3 is 24.6 Å². The smallest absolute Gasteiger partial charge is 0.409 e. The van der Waals surface area contributed by atoms with Gasteiger partial charge in [-0.1, -0.05) is 0 Å². The molecule has 0 aromatic heterocycles. The maximum Gasteiger partial charge on any atom is 0.409 e. The summed E-state index contributed by atoms with van der Waals surface area (Å²) in [6.45, 7) is 6.01. The number of hydrogen-bond acceptors (Lipinski definition) is 5. The van der Waals surface area contributed by atoms with Gasteiger partial charge in [0.1, 0.15) is 5.60 Å². The summed E-state index contributed by atoms with van der Waals surface area (Å²) in [7, 11) is 0.